The average molecular weight is 212 g/mol. The van der Waals surface area contributed by atoms with Crippen molar-refractivity contribution in [2.24, 2.45) is 5.92 Å². The van der Waals surface area contributed by atoms with Gasteiger partial charge in [-0.05, 0) is 25.3 Å². The van der Waals surface area contributed by atoms with E-state index in [2.05, 4.69) is 19.2 Å². The van der Waals surface area contributed by atoms with Crippen molar-refractivity contribution in [2.45, 2.75) is 39.5 Å². The molecule has 0 aromatic heterocycles. The summed E-state index contributed by atoms with van der Waals surface area (Å²) in [6, 6.07) is 0. The zero-order valence-corrected chi connectivity index (χ0v) is 10.1. The van der Waals surface area contributed by atoms with Crippen LogP contribution in [0.1, 0.15) is 39.5 Å². The third kappa shape index (κ3) is 4.20. The van der Waals surface area contributed by atoms with Gasteiger partial charge in [0.2, 0.25) is 5.91 Å². The van der Waals surface area contributed by atoms with Gasteiger partial charge in [0.25, 0.3) is 0 Å². The van der Waals surface area contributed by atoms with E-state index in [0.29, 0.717) is 11.8 Å². The molecule has 88 valence electrons. The lowest BCUT2D eigenvalue weighted by Crippen LogP contribution is -2.33. The van der Waals surface area contributed by atoms with Gasteiger partial charge < -0.3 is 10.2 Å². The first-order chi connectivity index (χ1) is 7.27. The minimum Gasteiger partial charge on any atom is -0.341 e. The molecule has 1 rings (SSSR count). The second-order valence-corrected chi connectivity index (χ2v) is 4.45. The fraction of sp³-hybridized carbons (Fsp3) is 0.917. The monoisotopic (exact) mass is 212 g/mol. The highest BCUT2D eigenvalue weighted by Gasteiger charge is 2.27. The maximum atomic E-state index is 11.6. The highest BCUT2D eigenvalue weighted by molar-refractivity contribution is 5.78. The number of carbonyl (C=O) groups excluding carboxylic acids is 1. The van der Waals surface area contributed by atoms with Crippen LogP contribution in [0.2, 0.25) is 0 Å². The number of nitrogens with one attached hydrogen (secondary N) is 1. The topological polar surface area (TPSA) is 32.3 Å². The van der Waals surface area contributed by atoms with Crippen LogP contribution in [0.4, 0.5) is 0 Å². The first-order valence-corrected chi connectivity index (χ1v) is 6.26. The minimum absolute atomic E-state index is 0.353. The second-order valence-electron chi connectivity index (χ2n) is 4.45. The van der Waals surface area contributed by atoms with Crippen LogP contribution in [0.5, 0.6) is 0 Å². The molecule has 1 amide bonds. The lowest BCUT2D eigenvalue weighted by Gasteiger charge is -2.16. The molecule has 1 fully saturated rings. The van der Waals surface area contributed by atoms with E-state index in [-0.39, 0.29) is 0 Å². The maximum absolute atomic E-state index is 11.6. The summed E-state index contributed by atoms with van der Waals surface area (Å²) in [5.74, 6) is 0.973. The fourth-order valence-corrected chi connectivity index (χ4v) is 2.19. The molecule has 1 saturated heterocycles. The summed E-state index contributed by atoms with van der Waals surface area (Å²) in [6.45, 7) is 8.22. The lowest BCUT2D eigenvalue weighted by atomic mass is 10.0. The van der Waals surface area contributed by atoms with Gasteiger partial charge in [0, 0.05) is 26.1 Å². The molecule has 0 bridgehead atoms. The van der Waals surface area contributed by atoms with Crippen LogP contribution in [0.15, 0.2) is 0 Å². The lowest BCUT2D eigenvalue weighted by molar-refractivity contribution is -0.127. The van der Waals surface area contributed by atoms with Crippen molar-refractivity contribution >= 4 is 5.91 Å². The predicted molar refractivity (Wildman–Crippen MR) is 62.8 cm³/mol. The summed E-state index contributed by atoms with van der Waals surface area (Å²) in [7, 11) is 0. The van der Waals surface area contributed by atoms with E-state index in [4.69, 9.17) is 0 Å². The SMILES string of the molecule is CCCNCCN1CC(CCC)CC1=O. The van der Waals surface area contributed by atoms with Crippen molar-refractivity contribution in [3.8, 4) is 0 Å². The number of carbonyl (C=O) groups is 1. The van der Waals surface area contributed by atoms with E-state index in [1.165, 1.54) is 12.8 Å². The molecule has 0 aliphatic carbocycles. The molecule has 0 saturated carbocycles. The van der Waals surface area contributed by atoms with Gasteiger partial charge in [-0.2, -0.15) is 0 Å². The van der Waals surface area contributed by atoms with Crippen molar-refractivity contribution in [2.75, 3.05) is 26.2 Å². The highest BCUT2D eigenvalue weighted by atomic mass is 16.2. The largest absolute Gasteiger partial charge is 0.341 e. The van der Waals surface area contributed by atoms with Gasteiger partial charge in [0.1, 0.15) is 0 Å². The van der Waals surface area contributed by atoms with Gasteiger partial charge in [-0.1, -0.05) is 20.3 Å². The molecule has 15 heavy (non-hydrogen) atoms. The van der Waals surface area contributed by atoms with Gasteiger partial charge in [-0.15, -0.1) is 0 Å². The summed E-state index contributed by atoms with van der Waals surface area (Å²) in [4.78, 5) is 13.6. The van der Waals surface area contributed by atoms with Gasteiger partial charge in [0.15, 0.2) is 0 Å². The molecule has 0 spiro atoms. The Balaban J connectivity index is 2.16. The standard InChI is InChI=1S/C12H24N2O/c1-3-5-11-9-12(15)14(10-11)8-7-13-6-4-2/h11,13H,3-10H2,1-2H3. The van der Waals surface area contributed by atoms with Crippen LogP contribution in [0, 0.1) is 5.92 Å². The third-order valence-electron chi connectivity index (χ3n) is 2.98. The van der Waals surface area contributed by atoms with Crippen molar-refractivity contribution < 1.29 is 4.79 Å². The Bertz CT molecular complexity index is 194. The van der Waals surface area contributed by atoms with Crippen LogP contribution in [0.3, 0.4) is 0 Å². The van der Waals surface area contributed by atoms with E-state index < -0.39 is 0 Å². The van der Waals surface area contributed by atoms with Gasteiger partial charge in [-0.3, -0.25) is 4.79 Å². The number of hydrogen-bond acceptors (Lipinski definition) is 2. The van der Waals surface area contributed by atoms with Gasteiger partial charge >= 0.3 is 0 Å². The molecule has 0 radical (unpaired) electrons. The van der Waals surface area contributed by atoms with Crippen LogP contribution < -0.4 is 5.32 Å². The van der Waals surface area contributed by atoms with Crippen LogP contribution in [-0.2, 0) is 4.79 Å². The third-order valence-corrected chi connectivity index (χ3v) is 2.98. The van der Waals surface area contributed by atoms with E-state index in [9.17, 15) is 4.79 Å². The number of likely N-dealkylation sites (tertiary alicyclic amines) is 1. The molecular weight excluding hydrogens is 188 g/mol. The summed E-state index contributed by atoms with van der Waals surface area (Å²) in [5.41, 5.74) is 0. The summed E-state index contributed by atoms with van der Waals surface area (Å²) < 4.78 is 0. The Morgan fingerprint density at radius 1 is 1.33 bits per heavy atom. The summed E-state index contributed by atoms with van der Waals surface area (Å²) in [6.07, 6.45) is 4.33. The van der Waals surface area contributed by atoms with E-state index in [1.807, 2.05) is 4.90 Å². The molecule has 1 aliphatic rings. The first kappa shape index (κ1) is 12.5. The number of hydrogen-bond donors (Lipinski definition) is 1. The number of rotatable bonds is 7. The summed E-state index contributed by atoms with van der Waals surface area (Å²) >= 11 is 0. The molecule has 0 aromatic rings. The van der Waals surface area contributed by atoms with Crippen LogP contribution in [0.25, 0.3) is 0 Å². The number of amides is 1. The zero-order chi connectivity index (χ0) is 11.1. The molecule has 1 atom stereocenters. The molecule has 1 unspecified atom stereocenters. The highest BCUT2D eigenvalue weighted by Crippen LogP contribution is 2.21. The predicted octanol–water partition coefficient (Wildman–Crippen LogP) is 1.63. The van der Waals surface area contributed by atoms with Crippen molar-refractivity contribution in [3.05, 3.63) is 0 Å². The zero-order valence-electron chi connectivity index (χ0n) is 10.1. The van der Waals surface area contributed by atoms with Crippen LogP contribution >= 0.6 is 0 Å². The second kappa shape index (κ2) is 6.83. The normalized spacial score (nSPS) is 21.3. The Morgan fingerprint density at radius 2 is 2.13 bits per heavy atom. The Labute approximate surface area is 93.2 Å². The van der Waals surface area contributed by atoms with E-state index in [0.717, 1.165) is 39.0 Å². The Hall–Kier alpha value is -0.570. The van der Waals surface area contributed by atoms with E-state index >= 15 is 0 Å². The molecular formula is C12H24N2O. The maximum Gasteiger partial charge on any atom is 0.222 e. The molecule has 0 aromatic carbocycles. The Morgan fingerprint density at radius 3 is 2.80 bits per heavy atom. The molecule has 1 aliphatic heterocycles. The molecule has 1 heterocycles. The molecule has 3 nitrogen and oxygen atoms in total. The quantitative estimate of drug-likeness (QED) is 0.651. The molecule has 1 N–H and O–H groups in total. The van der Waals surface area contributed by atoms with Crippen molar-refractivity contribution in [1.29, 1.82) is 0 Å². The smallest absolute Gasteiger partial charge is 0.222 e. The van der Waals surface area contributed by atoms with Gasteiger partial charge in [0.05, 0.1) is 0 Å². The molecule has 3 heteroatoms. The minimum atomic E-state index is 0.353. The van der Waals surface area contributed by atoms with E-state index in [1.54, 1.807) is 0 Å². The fourth-order valence-electron chi connectivity index (χ4n) is 2.19. The number of nitrogens with zero attached hydrogens (tertiary/aromatic N) is 1. The average Bonchev–Trinajstić information content (AvgIpc) is 2.55. The summed E-state index contributed by atoms with van der Waals surface area (Å²) in [5, 5.41) is 3.34. The van der Waals surface area contributed by atoms with Crippen LogP contribution in [-0.4, -0.2) is 37.0 Å². The van der Waals surface area contributed by atoms with Crippen molar-refractivity contribution in [1.82, 2.24) is 10.2 Å². The van der Waals surface area contributed by atoms with Gasteiger partial charge in [-0.25, -0.2) is 0 Å². The Kier molecular flexibility index (Phi) is 5.69. The first-order valence-electron chi connectivity index (χ1n) is 6.26. The van der Waals surface area contributed by atoms with Crippen molar-refractivity contribution in [3.63, 3.8) is 0 Å².